The molecule has 0 aliphatic heterocycles. The monoisotopic (exact) mass is 304 g/mol. The Kier molecular flexibility index (Phi) is 4.70. The lowest BCUT2D eigenvalue weighted by molar-refractivity contribution is -0.115. The highest BCUT2D eigenvalue weighted by atomic mass is 32.1. The minimum absolute atomic E-state index is 0.0464. The molecule has 1 amide bonds. The standard InChI is InChI=1S/C15H16N2O3S/c1-9-8-16-15(21-9)17-14(19)7-12-6-11(10(2)18)4-5-13(12)20-3/h4-6,8H,7H2,1-3H3,(H,16,17,19). The molecule has 1 aromatic heterocycles. The zero-order valence-corrected chi connectivity index (χ0v) is 12.9. The number of Topliss-reactive ketones (excluding diaryl/α,β-unsaturated/α-hetero) is 1. The van der Waals surface area contributed by atoms with Crippen LogP contribution in [-0.2, 0) is 11.2 Å². The lowest BCUT2D eigenvalue weighted by atomic mass is 10.0. The van der Waals surface area contributed by atoms with Crippen molar-refractivity contribution in [3.05, 3.63) is 40.4 Å². The van der Waals surface area contributed by atoms with Crippen LogP contribution in [0.25, 0.3) is 0 Å². The van der Waals surface area contributed by atoms with E-state index in [2.05, 4.69) is 10.3 Å². The van der Waals surface area contributed by atoms with Crippen molar-refractivity contribution in [2.75, 3.05) is 12.4 Å². The molecule has 1 aromatic carbocycles. The molecule has 0 saturated carbocycles. The van der Waals surface area contributed by atoms with E-state index < -0.39 is 0 Å². The van der Waals surface area contributed by atoms with Crippen molar-refractivity contribution in [1.29, 1.82) is 0 Å². The zero-order chi connectivity index (χ0) is 15.4. The summed E-state index contributed by atoms with van der Waals surface area (Å²) >= 11 is 1.42. The third kappa shape index (κ3) is 3.88. The van der Waals surface area contributed by atoms with Crippen molar-refractivity contribution < 1.29 is 14.3 Å². The largest absolute Gasteiger partial charge is 0.496 e. The Labute approximate surface area is 127 Å². The summed E-state index contributed by atoms with van der Waals surface area (Å²) in [7, 11) is 1.54. The van der Waals surface area contributed by atoms with Crippen LogP contribution in [0.1, 0.15) is 27.7 Å². The maximum Gasteiger partial charge on any atom is 0.230 e. The predicted octanol–water partition coefficient (Wildman–Crippen LogP) is 2.84. The van der Waals surface area contributed by atoms with Gasteiger partial charge in [0.1, 0.15) is 5.75 Å². The molecule has 2 aromatic rings. The van der Waals surface area contributed by atoms with Gasteiger partial charge < -0.3 is 10.1 Å². The first-order chi connectivity index (χ1) is 9.99. The number of rotatable bonds is 5. The van der Waals surface area contributed by atoms with Crippen molar-refractivity contribution in [3.63, 3.8) is 0 Å². The molecule has 2 rings (SSSR count). The molecule has 1 N–H and O–H groups in total. The molecular weight excluding hydrogens is 288 g/mol. The first kappa shape index (κ1) is 15.2. The fraction of sp³-hybridized carbons (Fsp3) is 0.267. The number of ketones is 1. The number of benzene rings is 1. The lowest BCUT2D eigenvalue weighted by Gasteiger charge is -2.09. The highest BCUT2D eigenvalue weighted by Crippen LogP contribution is 2.22. The fourth-order valence-electron chi connectivity index (χ4n) is 1.88. The number of hydrogen-bond donors (Lipinski definition) is 1. The van der Waals surface area contributed by atoms with Gasteiger partial charge in [-0.1, -0.05) is 0 Å². The predicted molar refractivity (Wildman–Crippen MR) is 82.2 cm³/mol. The summed E-state index contributed by atoms with van der Waals surface area (Å²) in [5.41, 5.74) is 1.24. The third-order valence-electron chi connectivity index (χ3n) is 2.91. The first-order valence-corrected chi connectivity index (χ1v) is 7.21. The van der Waals surface area contributed by atoms with Crippen LogP contribution in [0, 0.1) is 6.92 Å². The summed E-state index contributed by atoms with van der Waals surface area (Å²) in [4.78, 5) is 28.6. The maximum atomic E-state index is 12.1. The molecule has 5 nitrogen and oxygen atoms in total. The van der Waals surface area contributed by atoms with Crippen LogP contribution in [0.15, 0.2) is 24.4 Å². The van der Waals surface area contributed by atoms with Crippen LogP contribution in [0.4, 0.5) is 5.13 Å². The number of anilines is 1. The minimum Gasteiger partial charge on any atom is -0.496 e. The number of methoxy groups -OCH3 is 1. The highest BCUT2D eigenvalue weighted by molar-refractivity contribution is 7.15. The number of aryl methyl sites for hydroxylation is 1. The van der Waals surface area contributed by atoms with Gasteiger partial charge in [0.2, 0.25) is 5.91 Å². The fourth-order valence-corrected chi connectivity index (χ4v) is 2.57. The summed E-state index contributed by atoms with van der Waals surface area (Å²) in [5, 5.41) is 3.31. The van der Waals surface area contributed by atoms with E-state index >= 15 is 0 Å². The van der Waals surface area contributed by atoms with Gasteiger partial charge in [-0.05, 0) is 32.0 Å². The summed E-state index contributed by atoms with van der Waals surface area (Å²) in [6.07, 6.45) is 1.83. The van der Waals surface area contributed by atoms with Gasteiger partial charge in [0.25, 0.3) is 0 Å². The average Bonchev–Trinajstić information content (AvgIpc) is 2.83. The highest BCUT2D eigenvalue weighted by Gasteiger charge is 2.12. The van der Waals surface area contributed by atoms with E-state index in [1.54, 1.807) is 24.4 Å². The van der Waals surface area contributed by atoms with Crippen molar-refractivity contribution >= 4 is 28.2 Å². The number of nitrogens with zero attached hydrogens (tertiary/aromatic N) is 1. The molecule has 0 atom stereocenters. The van der Waals surface area contributed by atoms with Crippen LogP contribution < -0.4 is 10.1 Å². The molecule has 0 aliphatic carbocycles. The lowest BCUT2D eigenvalue weighted by Crippen LogP contribution is -2.15. The quantitative estimate of drug-likeness (QED) is 0.862. The van der Waals surface area contributed by atoms with Gasteiger partial charge in [-0.3, -0.25) is 9.59 Å². The van der Waals surface area contributed by atoms with Crippen LogP contribution >= 0.6 is 11.3 Å². The number of thiazole rings is 1. The van der Waals surface area contributed by atoms with Crippen LogP contribution in [0.2, 0.25) is 0 Å². The number of nitrogens with one attached hydrogen (secondary N) is 1. The Morgan fingerprint density at radius 1 is 1.38 bits per heavy atom. The second kappa shape index (κ2) is 6.49. The second-order valence-electron chi connectivity index (χ2n) is 4.58. The van der Waals surface area contributed by atoms with Crippen molar-refractivity contribution in [2.45, 2.75) is 20.3 Å². The van der Waals surface area contributed by atoms with Crippen LogP contribution in [-0.4, -0.2) is 23.8 Å². The van der Waals surface area contributed by atoms with E-state index in [1.165, 1.54) is 25.4 Å². The topological polar surface area (TPSA) is 68.3 Å². The number of amides is 1. The molecule has 110 valence electrons. The van der Waals surface area contributed by atoms with Gasteiger partial charge in [-0.25, -0.2) is 4.98 Å². The molecule has 6 heteroatoms. The smallest absolute Gasteiger partial charge is 0.230 e. The Morgan fingerprint density at radius 2 is 2.14 bits per heavy atom. The zero-order valence-electron chi connectivity index (χ0n) is 12.1. The summed E-state index contributed by atoms with van der Waals surface area (Å²) in [6.45, 7) is 3.41. The van der Waals surface area contributed by atoms with E-state index in [9.17, 15) is 9.59 Å². The van der Waals surface area contributed by atoms with Crippen LogP contribution in [0.5, 0.6) is 5.75 Å². The molecule has 1 heterocycles. The van der Waals surface area contributed by atoms with Crippen molar-refractivity contribution in [1.82, 2.24) is 4.98 Å². The van der Waals surface area contributed by atoms with Gasteiger partial charge in [-0.15, -0.1) is 11.3 Å². The van der Waals surface area contributed by atoms with Gasteiger partial charge in [0, 0.05) is 22.2 Å². The van der Waals surface area contributed by atoms with Crippen LogP contribution in [0.3, 0.4) is 0 Å². The van der Waals surface area contributed by atoms with Gasteiger partial charge >= 0.3 is 0 Å². The van der Waals surface area contributed by atoms with Gasteiger partial charge in [-0.2, -0.15) is 0 Å². The molecular formula is C15H16N2O3S. The molecule has 0 bridgehead atoms. The Morgan fingerprint density at radius 3 is 2.71 bits per heavy atom. The van der Waals surface area contributed by atoms with Crippen molar-refractivity contribution in [3.8, 4) is 5.75 Å². The Balaban J connectivity index is 2.15. The maximum absolute atomic E-state index is 12.1. The number of hydrogen-bond acceptors (Lipinski definition) is 5. The second-order valence-corrected chi connectivity index (χ2v) is 5.82. The van der Waals surface area contributed by atoms with Gasteiger partial charge in [0.05, 0.1) is 13.5 Å². The summed E-state index contributed by atoms with van der Waals surface area (Å²) in [5.74, 6) is 0.351. The number of carbonyl (C=O) groups is 2. The molecule has 0 fully saturated rings. The molecule has 0 spiro atoms. The van der Waals surface area contributed by atoms with E-state index in [0.717, 1.165) is 4.88 Å². The van der Waals surface area contributed by atoms with Gasteiger partial charge in [0.15, 0.2) is 10.9 Å². The van der Waals surface area contributed by atoms with E-state index in [0.29, 0.717) is 22.0 Å². The first-order valence-electron chi connectivity index (χ1n) is 6.39. The molecule has 0 saturated heterocycles. The minimum atomic E-state index is -0.191. The number of aromatic nitrogens is 1. The summed E-state index contributed by atoms with van der Waals surface area (Å²) in [6, 6.07) is 5.08. The van der Waals surface area contributed by atoms with E-state index in [1.807, 2.05) is 6.92 Å². The summed E-state index contributed by atoms with van der Waals surface area (Å²) < 4.78 is 5.23. The number of ether oxygens (including phenoxy) is 1. The SMILES string of the molecule is COc1ccc(C(C)=O)cc1CC(=O)Nc1ncc(C)s1. The Hall–Kier alpha value is -2.21. The van der Waals surface area contributed by atoms with E-state index in [-0.39, 0.29) is 18.1 Å². The molecule has 0 unspecified atom stereocenters. The molecule has 0 radical (unpaired) electrons. The average molecular weight is 304 g/mol. The molecule has 21 heavy (non-hydrogen) atoms. The normalized spacial score (nSPS) is 10.2. The van der Waals surface area contributed by atoms with E-state index in [4.69, 9.17) is 4.74 Å². The van der Waals surface area contributed by atoms with Crippen molar-refractivity contribution in [2.24, 2.45) is 0 Å². The third-order valence-corrected chi connectivity index (χ3v) is 3.73. The molecule has 0 aliphatic rings. The number of carbonyl (C=O) groups excluding carboxylic acids is 2. The Bertz CT molecular complexity index is 679.